The zero-order chi connectivity index (χ0) is 22.7. The molecule has 1 fully saturated rings. The molecule has 2 atom stereocenters. The van der Waals surface area contributed by atoms with Crippen molar-refractivity contribution in [3.8, 4) is 11.1 Å². The van der Waals surface area contributed by atoms with E-state index in [1.54, 1.807) is 41.3 Å². The lowest BCUT2D eigenvalue weighted by Gasteiger charge is -2.15. The first kappa shape index (κ1) is 21.8. The molecule has 0 spiro atoms. The molecular formula is C22H25FN6O3. The lowest BCUT2D eigenvalue weighted by atomic mass is 10.1. The van der Waals surface area contributed by atoms with E-state index in [2.05, 4.69) is 20.6 Å². The van der Waals surface area contributed by atoms with E-state index < -0.39 is 24.1 Å². The molecule has 1 aliphatic heterocycles. The number of carbonyl (C=O) groups excluding carboxylic acids is 1. The summed E-state index contributed by atoms with van der Waals surface area (Å²) in [5.41, 5.74) is 1.86. The Morgan fingerprint density at radius 2 is 2.16 bits per heavy atom. The van der Waals surface area contributed by atoms with Crippen molar-refractivity contribution in [3.05, 3.63) is 60.4 Å². The molecule has 1 aliphatic rings. The summed E-state index contributed by atoms with van der Waals surface area (Å²) in [6.07, 6.45) is 3.09. The van der Waals surface area contributed by atoms with Crippen LogP contribution >= 0.6 is 0 Å². The minimum atomic E-state index is -0.745. The van der Waals surface area contributed by atoms with Crippen LogP contribution in [0.5, 0.6) is 0 Å². The number of nitrogens with zero attached hydrogens (tertiary/aromatic N) is 5. The number of benzene rings is 1. The zero-order valence-corrected chi connectivity index (χ0v) is 17.8. The Morgan fingerprint density at radius 3 is 2.81 bits per heavy atom. The molecule has 0 saturated carbocycles. The topological polar surface area (TPSA) is 105 Å². The first-order chi connectivity index (χ1) is 15.4. The Bertz CT molecular complexity index is 1060. The average molecular weight is 440 g/mol. The highest BCUT2D eigenvalue weighted by Gasteiger charge is 2.33. The average Bonchev–Trinajstić information content (AvgIpc) is 3.41. The normalized spacial score (nSPS) is 17.1. The van der Waals surface area contributed by atoms with Crippen LogP contribution in [0.25, 0.3) is 11.1 Å². The van der Waals surface area contributed by atoms with Crippen molar-refractivity contribution in [1.82, 2.24) is 25.3 Å². The van der Waals surface area contributed by atoms with Crippen molar-refractivity contribution in [2.45, 2.75) is 38.6 Å². The van der Waals surface area contributed by atoms with Crippen molar-refractivity contribution in [2.24, 2.45) is 0 Å². The summed E-state index contributed by atoms with van der Waals surface area (Å²) in [7, 11) is 0. The maximum absolute atomic E-state index is 14.9. The first-order valence-corrected chi connectivity index (χ1v) is 10.4. The van der Waals surface area contributed by atoms with E-state index in [9.17, 15) is 14.3 Å². The van der Waals surface area contributed by atoms with E-state index in [1.807, 2.05) is 13.8 Å². The van der Waals surface area contributed by atoms with E-state index in [0.29, 0.717) is 35.6 Å². The van der Waals surface area contributed by atoms with Crippen LogP contribution in [0.2, 0.25) is 0 Å². The van der Waals surface area contributed by atoms with E-state index in [4.69, 9.17) is 4.74 Å². The van der Waals surface area contributed by atoms with Gasteiger partial charge < -0.3 is 15.2 Å². The van der Waals surface area contributed by atoms with Crippen LogP contribution < -0.4 is 10.2 Å². The maximum atomic E-state index is 14.9. The molecular weight excluding hydrogens is 415 g/mol. The fraction of sp³-hybridized carbons (Fsp3) is 0.364. The van der Waals surface area contributed by atoms with Crippen LogP contribution in [0.1, 0.15) is 25.6 Å². The second-order valence-corrected chi connectivity index (χ2v) is 7.96. The third kappa shape index (κ3) is 4.92. The van der Waals surface area contributed by atoms with Crippen LogP contribution in [0.4, 0.5) is 14.9 Å². The Kier molecular flexibility index (Phi) is 6.42. The van der Waals surface area contributed by atoms with E-state index in [1.165, 1.54) is 17.2 Å². The number of carbonyl (C=O) groups is 1. The monoisotopic (exact) mass is 440 g/mol. The number of aromatic nitrogens is 4. The van der Waals surface area contributed by atoms with Gasteiger partial charge in [-0.1, -0.05) is 25.1 Å². The number of cyclic esters (lactones) is 1. The molecule has 1 amide bonds. The Labute approximate surface area is 184 Å². The lowest BCUT2D eigenvalue weighted by Crippen LogP contribution is -2.28. The highest BCUT2D eigenvalue weighted by Crippen LogP contribution is 2.29. The Balaban J connectivity index is 1.44. The summed E-state index contributed by atoms with van der Waals surface area (Å²) >= 11 is 0. The van der Waals surface area contributed by atoms with E-state index >= 15 is 0 Å². The number of anilines is 1. The van der Waals surface area contributed by atoms with Gasteiger partial charge in [0, 0.05) is 36.1 Å². The molecule has 3 aromatic rings. The van der Waals surface area contributed by atoms with E-state index in [-0.39, 0.29) is 12.6 Å². The number of pyridine rings is 1. The fourth-order valence-corrected chi connectivity index (χ4v) is 3.49. The van der Waals surface area contributed by atoms with Crippen LogP contribution in [0, 0.1) is 5.82 Å². The fourth-order valence-electron chi connectivity index (χ4n) is 3.49. The molecule has 1 unspecified atom stereocenters. The molecule has 0 bridgehead atoms. The molecule has 10 heteroatoms. The van der Waals surface area contributed by atoms with Crippen molar-refractivity contribution >= 4 is 11.8 Å². The van der Waals surface area contributed by atoms with E-state index in [0.717, 1.165) is 0 Å². The highest BCUT2D eigenvalue weighted by molar-refractivity contribution is 5.90. The number of hydrogen-bond acceptors (Lipinski definition) is 7. The largest absolute Gasteiger partial charge is 0.442 e. The maximum Gasteiger partial charge on any atom is 0.414 e. The Hall–Kier alpha value is -3.37. The van der Waals surface area contributed by atoms with Gasteiger partial charge in [0.05, 0.1) is 30.7 Å². The van der Waals surface area contributed by atoms with Gasteiger partial charge in [0.15, 0.2) is 0 Å². The first-order valence-electron chi connectivity index (χ1n) is 10.4. The molecule has 3 heterocycles. The predicted octanol–water partition coefficient (Wildman–Crippen LogP) is 2.54. The van der Waals surface area contributed by atoms with Crippen LogP contribution in [0.15, 0.2) is 48.9 Å². The predicted molar refractivity (Wildman–Crippen MR) is 115 cm³/mol. The molecule has 1 saturated heterocycles. The number of amides is 1. The summed E-state index contributed by atoms with van der Waals surface area (Å²) in [5, 5.41) is 21.0. The standard InChI is InChI=1S/C22H25FN6O3/c1-14(2)24-11-21(30)20-6-3-15(10-25-20)18-5-4-16(9-19(18)23)29-13-17(32-22(29)31)12-28-8-7-26-27-28/h3-10,14,17,21,24,30H,11-13H2,1-2H3/t17-,21?/m0/s1. The molecule has 9 nitrogen and oxygen atoms in total. The van der Waals surface area contributed by atoms with Gasteiger partial charge in [0.1, 0.15) is 18.0 Å². The van der Waals surface area contributed by atoms with Gasteiger partial charge in [-0.15, -0.1) is 5.10 Å². The van der Waals surface area contributed by atoms with Crippen LogP contribution in [0.3, 0.4) is 0 Å². The molecule has 168 valence electrons. The van der Waals surface area contributed by atoms with Gasteiger partial charge in [-0.25, -0.2) is 13.9 Å². The van der Waals surface area contributed by atoms with Gasteiger partial charge >= 0.3 is 6.09 Å². The highest BCUT2D eigenvalue weighted by atomic mass is 19.1. The van der Waals surface area contributed by atoms with Crippen molar-refractivity contribution < 1.29 is 19.0 Å². The molecule has 0 radical (unpaired) electrons. The number of aliphatic hydroxyl groups is 1. The molecule has 2 N–H and O–H groups in total. The van der Waals surface area contributed by atoms with Crippen molar-refractivity contribution in [3.63, 3.8) is 0 Å². The number of halogens is 1. The molecule has 0 aliphatic carbocycles. The second kappa shape index (κ2) is 9.41. The summed E-state index contributed by atoms with van der Waals surface area (Å²) in [6, 6.07) is 8.24. The third-order valence-corrected chi connectivity index (χ3v) is 5.16. The molecule has 2 aromatic heterocycles. The number of nitrogens with one attached hydrogen (secondary N) is 1. The van der Waals surface area contributed by atoms with Gasteiger partial charge in [-0.2, -0.15) is 0 Å². The minimum absolute atomic E-state index is 0.252. The number of aliphatic hydroxyl groups excluding tert-OH is 1. The van der Waals surface area contributed by atoms with Crippen LogP contribution in [-0.2, 0) is 11.3 Å². The summed E-state index contributed by atoms with van der Waals surface area (Å²) in [4.78, 5) is 17.9. The van der Waals surface area contributed by atoms with Crippen LogP contribution in [-0.4, -0.2) is 56.4 Å². The molecule has 4 rings (SSSR count). The molecule has 1 aromatic carbocycles. The van der Waals surface area contributed by atoms with Gasteiger partial charge in [0.25, 0.3) is 0 Å². The number of rotatable bonds is 8. The lowest BCUT2D eigenvalue weighted by molar-refractivity contribution is 0.129. The van der Waals surface area contributed by atoms with Crippen molar-refractivity contribution in [2.75, 3.05) is 18.0 Å². The molecule has 32 heavy (non-hydrogen) atoms. The second-order valence-electron chi connectivity index (χ2n) is 7.96. The number of hydrogen-bond donors (Lipinski definition) is 2. The summed E-state index contributed by atoms with van der Waals surface area (Å²) < 4.78 is 21.8. The summed E-state index contributed by atoms with van der Waals surface area (Å²) in [5.74, 6) is -0.480. The quantitative estimate of drug-likeness (QED) is 0.555. The van der Waals surface area contributed by atoms with Gasteiger partial charge in [-0.05, 0) is 24.3 Å². The van der Waals surface area contributed by atoms with Gasteiger partial charge in [-0.3, -0.25) is 9.88 Å². The smallest absolute Gasteiger partial charge is 0.414 e. The minimum Gasteiger partial charge on any atom is -0.442 e. The summed E-state index contributed by atoms with van der Waals surface area (Å²) in [6.45, 7) is 5.04. The SMILES string of the molecule is CC(C)NCC(O)c1ccc(-c2ccc(N3C[C@H](Cn4ccnn4)OC3=O)cc2F)cn1. The Morgan fingerprint density at radius 1 is 1.31 bits per heavy atom. The number of ether oxygens (including phenoxy) is 1. The third-order valence-electron chi connectivity index (χ3n) is 5.16. The van der Waals surface area contributed by atoms with Crippen molar-refractivity contribution in [1.29, 1.82) is 0 Å². The zero-order valence-electron chi connectivity index (χ0n) is 17.8. The van der Waals surface area contributed by atoms with Gasteiger partial charge in [0.2, 0.25) is 0 Å².